The van der Waals surface area contributed by atoms with Gasteiger partial charge in [-0.15, -0.1) is 0 Å². The Bertz CT molecular complexity index is 857. The Hall–Kier alpha value is -2.67. The first-order chi connectivity index (χ1) is 12.2. The molecule has 2 aromatic heterocycles. The Morgan fingerprint density at radius 1 is 1.32 bits per heavy atom. The van der Waals surface area contributed by atoms with E-state index in [0.717, 1.165) is 30.7 Å². The summed E-state index contributed by atoms with van der Waals surface area (Å²) in [6.07, 6.45) is 6.31. The lowest BCUT2D eigenvalue weighted by Crippen LogP contribution is -2.22. The van der Waals surface area contributed by atoms with E-state index in [-0.39, 0.29) is 0 Å². The van der Waals surface area contributed by atoms with Crippen LogP contribution in [0.4, 0.5) is 0 Å². The molecule has 3 aromatic rings. The Morgan fingerprint density at radius 3 is 3.00 bits per heavy atom. The Balaban J connectivity index is 1.53. The molecule has 1 saturated heterocycles. The Labute approximate surface area is 146 Å². The summed E-state index contributed by atoms with van der Waals surface area (Å²) in [7, 11) is 3.59. The molecule has 0 N–H and O–H groups in total. The Morgan fingerprint density at radius 2 is 2.20 bits per heavy atom. The fourth-order valence-electron chi connectivity index (χ4n) is 3.44. The summed E-state index contributed by atoms with van der Waals surface area (Å²) in [6, 6.07) is 8.04. The van der Waals surface area contributed by atoms with E-state index >= 15 is 0 Å². The summed E-state index contributed by atoms with van der Waals surface area (Å²) >= 11 is 0. The van der Waals surface area contributed by atoms with Crippen molar-refractivity contribution in [3.63, 3.8) is 0 Å². The third-order valence-electron chi connectivity index (χ3n) is 4.63. The van der Waals surface area contributed by atoms with Gasteiger partial charge in [0, 0.05) is 24.8 Å². The van der Waals surface area contributed by atoms with Crippen molar-refractivity contribution in [3.05, 3.63) is 48.1 Å². The first kappa shape index (κ1) is 15.8. The van der Waals surface area contributed by atoms with Crippen molar-refractivity contribution in [1.82, 2.24) is 24.8 Å². The predicted molar refractivity (Wildman–Crippen MR) is 91.9 cm³/mol. The predicted octanol–water partition coefficient (Wildman–Crippen LogP) is 2.82. The van der Waals surface area contributed by atoms with Crippen molar-refractivity contribution in [2.45, 2.75) is 25.4 Å². The smallest absolute Gasteiger partial charge is 0.241 e. The lowest BCUT2D eigenvalue weighted by atomic mass is 10.1. The van der Waals surface area contributed by atoms with E-state index in [1.54, 1.807) is 7.11 Å². The Kier molecular flexibility index (Phi) is 4.23. The zero-order valence-electron chi connectivity index (χ0n) is 14.4. The second-order valence-electron chi connectivity index (χ2n) is 6.29. The van der Waals surface area contributed by atoms with Gasteiger partial charge in [0.2, 0.25) is 11.7 Å². The fraction of sp³-hybridized carbons (Fsp3) is 0.389. The maximum absolute atomic E-state index is 5.49. The van der Waals surface area contributed by atoms with E-state index in [0.29, 0.717) is 24.3 Å². The molecule has 3 heterocycles. The van der Waals surface area contributed by atoms with Crippen LogP contribution in [0.3, 0.4) is 0 Å². The highest BCUT2D eigenvalue weighted by Gasteiger charge is 2.28. The number of nitrogens with zero attached hydrogens (tertiary/aromatic N) is 5. The number of likely N-dealkylation sites (tertiary alicyclic amines) is 1. The quantitative estimate of drug-likeness (QED) is 0.712. The summed E-state index contributed by atoms with van der Waals surface area (Å²) < 4.78 is 12.7. The van der Waals surface area contributed by atoms with Gasteiger partial charge < -0.3 is 9.26 Å². The number of hydrogen-bond acceptors (Lipinski definition) is 6. The van der Waals surface area contributed by atoms with Gasteiger partial charge >= 0.3 is 0 Å². The van der Waals surface area contributed by atoms with Crippen molar-refractivity contribution < 1.29 is 9.26 Å². The molecule has 0 unspecified atom stereocenters. The van der Waals surface area contributed by atoms with Gasteiger partial charge in [0.15, 0.2) is 0 Å². The molecule has 0 bridgehead atoms. The standard InChI is InChI=1S/C18H21N5O2/c1-22-11-13(10-19-22)15-7-5-9-23(15)12-17-20-18(21-25-17)14-6-3-4-8-16(14)24-2/h3-4,6,8,10-11,15H,5,7,9,12H2,1-2H3/t15-/m1/s1. The molecule has 25 heavy (non-hydrogen) atoms. The lowest BCUT2D eigenvalue weighted by Gasteiger charge is -2.21. The molecule has 4 rings (SSSR count). The van der Waals surface area contributed by atoms with Crippen molar-refractivity contribution in [3.8, 4) is 17.1 Å². The third-order valence-corrected chi connectivity index (χ3v) is 4.63. The molecule has 1 aliphatic rings. The first-order valence-corrected chi connectivity index (χ1v) is 8.43. The summed E-state index contributed by atoms with van der Waals surface area (Å²) in [5.41, 5.74) is 2.08. The summed E-state index contributed by atoms with van der Waals surface area (Å²) in [6.45, 7) is 1.66. The molecule has 1 fully saturated rings. The third kappa shape index (κ3) is 3.15. The van der Waals surface area contributed by atoms with Crippen LogP contribution in [0.1, 0.15) is 30.3 Å². The van der Waals surface area contributed by atoms with Gasteiger partial charge in [0.05, 0.1) is 25.4 Å². The SMILES string of the molecule is COc1ccccc1-c1noc(CN2CCC[C@@H]2c2cnn(C)c2)n1. The number of rotatable bonds is 5. The van der Waals surface area contributed by atoms with E-state index in [2.05, 4.69) is 26.3 Å². The van der Waals surface area contributed by atoms with E-state index in [1.807, 2.05) is 42.2 Å². The molecule has 0 spiro atoms. The topological polar surface area (TPSA) is 69.2 Å². The summed E-state index contributed by atoms with van der Waals surface area (Å²) in [5.74, 6) is 1.92. The minimum Gasteiger partial charge on any atom is -0.496 e. The number of para-hydroxylation sites is 1. The van der Waals surface area contributed by atoms with Crippen molar-refractivity contribution in [1.29, 1.82) is 0 Å². The highest BCUT2D eigenvalue weighted by molar-refractivity contribution is 5.63. The van der Waals surface area contributed by atoms with Gasteiger partial charge in [-0.3, -0.25) is 9.58 Å². The molecule has 0 saturated carbocycles. The van der Waals surface area contributed by atoms with Crippen LogP contribution in [-0.4, -0.2) is 38.5 Å². The fourth-order valence-corrected chi connectivity index (χ4v) is 3.44. The second-order valence-corrected chi connectivity index (χ2v) is 6.29. The van der Waals surface area contributed by atoms with Crippen LogP contribution in [0.15, 0.2) is 41.2 Å². The van der Waals surface area contributed by atoms with Gasteiger partial charge in [-0.05, 0) is 31.5 Å². The highest BCUT2D eigenvalue weighted by atomic mass is 16.5. The number of aromatic nitrogens is 4. The van der Waals surface area contributed by atoms with Gasteiger partial charge in [-0.2, -0.15) is 10.1 Å². The van der Waals surface area contributed by atoms with Crippen LogP contribution >= 0.6 is 0 Å². The number of ether oxygens (including phenoxy) is 1. The van der Waals surface area contributed by atoms with Crippen molar-refractivity contribution in [2.75, 3.05) is 13.7 Å². The molecule has 1 aromatic carbocycles. The number of hydrogen-bond donors (Lipinski definition) is 0. The summed E-state index contributed by atoms with van der Waals surface area (Å²) in [4.78, 5) is 6.94. The monoisotopic (exact) mass is 339 g/mol. The molecule has 1 aliphatic heterocycles. The van der Waals surface area contributed by atoms with E-state index in [1.165, 1.54) is 5.56 Å². The first-order valence-electron chi connectivity index (χ1n) is 8.43. The summed E-state index contributed by atoms with van der Waals surface area (Å²) in [5, 5.41) is 8.42. The largest absolute Gasteiger partial charge is 0.496 e. The zero-order valence-corrected chi connectivity index (χ0v) is 14.4. The van der Waals surface area contributed by atoms with E-state index in [4.69, 9.17) is 9.26 Å². The lowest BCUT2D eigenvalue weighted by molar-refractivity contribution is 0.212. The number of aryl methyl sites for hydroxylation is 1. The van der Waals surface area contributed by atoms with E-state index < -0.39 is 0 Å². The normalized spacial score (nSPS) is 17.9. The zero-order chi connectivity index (χ0) is 17.2. The molecule has 130 valence electrons. The van der Waals surface area contributed by atoms with Gasteiger partial charge in [0.1, 0.15) is 5.75 Å². The minimum atomic E-state index is 0.357. The van der Waals surface area contributed by atoms with Crippen LogP contribution in [0.25, 0.3) is 11.4 Å². The van der Waals surface area contributed by atoms with Crippen LogP contribution in [0, 0.1) is 0 Å². The molecule has 0 radical (unpaired) electrons. The molecular formula is C18H21N5O2. The number of benzene rings is 1. The molecular weight excluding hydrogens is 318 g/mol. The average molecular weight is 339 g/mol. The minimum absolute atomic E-state index is 0.357. The van der Waals surface area contributed by atoms with Crippen LogP contribution in [0.5, 0.6) is 5.75 Å². The van der Waals surface area contributed by atoms with E-state index in [9.17, 15) is 0 Å². The maximum Gasteiger partial charge on any atom is 0.241 e. The van der Waals surface area contributed by atoms with Gasteiger partial charge in [-0.25, -0.2) is 0 Å². The van der Waals surface area contributed by atoms with Crippen LogP contribution in [-0.2, 0) is 13.6 Å². The molecule has 7 nitrogen and oxygen atoms in total. The maximum atomic E-state index is 5.49. The second kappa shape index (κ2) is 6.68. The molecule has 0 aliphatic carbocycles. The molecule has 0 amide bonds. The van der Waals surface area contributed by atoms with Crippen LogP contribution < -0.4 is 4.74 Å². The number of methoxy groups -OCH3 is 1. The van der Waals surface area contributed by atoms with Crippen molar-refractivity contribution >= 4 is 0 Å². The van der Waals surface area contributed by atoms with Gasteiger partial charge in [-0.1, -0.05) is 17.3 Å². The average Bonchev–Trinajstić information content (AvgIpc) is 3.36. The highest BCUT2D eigenvalue weighted by Crippen LogP contribution is 2.33. The molecule has 7 heteroatoms. The van der Waals surface area contributed by atoms with Crippen molar-refractivity contribution in [2.24, 2.45) is 7.05 Å². The van der Waals surface area contributed by atoms with Crippen LogP contribution in [0.2, 0.25) is 0 Å². The van der Waals surface area contributed by atoms with Gasteiger partial charge in [0.25, 0.3) is 0 Å². The molecule has 1 atom stereocenters.